The summed E-state index contributed by atoms with van der Waals surface area (Å²) in [5.74, 6) is 0.574. The van der Waals surface area contributed by atoms with Gasteiger partial charge in [-0.05, 0) is 38.0 Å². The zero-order chi connectivity index (χ0) is 15.4. The van der Waals surface area contributed by atoms with Crippen molar-refractivity contribution in [1.82, 2.24) is 9.55 Å². The van der Waals surface area contributed by atoms with Gasteiger partial charge in [-0.1, -0.05) is 12.1 Å². The fraction of sp³-hybridized carbons (Fsp3) is 0.438. The van der Waals surface area contributed by atoms with Gasteiger partial charge in [0.25, 0.3) is 0 Å². The Hall–Kier alpha value is -1.88. The molecule has 0 bridgehead atoms. The van der Waals surface area contributed by atoms with Gasteiger partial charge in [-0.25, -0.2) is 9.37 Å². The van der Waals surface area contributed by atoms with E-state index >= 15 is 0 Å². The Balaban J connectivity index is 2.14. The summed E-state index contributed by atoms with van der Waals surface area (Å²) in [6.45, 7) is 6.42. The van der Waals surface area contributed by atoms with Crippen molar-refractivity contribution in [2.75, 3.05) is 19.0 Å². The van der Waals surface area contributed by atoms with Crippen LogP contribution in [0.2, 0.25) is 0 Å². The van der Waals surface area contributed by atoms with Crippen LogP contribution in [0.3, 0.4) is 0 Å². The van der Waals surface area contributed by atoms with Crippen LogP contribution in [-0.4, -0.2) is 23.3 Å². The van der Waals surface area contributed by atoms with Gasteiger partial charge in [-0.2, -0.15) is 0 Å². The monoisotopic (exact) mass is 291 g/mol. The minimum absolute atomic E-state index is 0.0315. The second-order valence-electron chi connectivity index (χ2n) is 5.34. The van der Waals surface area contributed by atoms with Crippen LogP contribution in [0.25, 0.3) is 0 Å². The van der Waals surface area contributed by atoms with Crippen molar-refractivity contribution in [3.63, 3.8) is 0 Å². The lowest BCUT2D eigenvalue weighted by molar-refractivity contribution is 0.163. The lowest BCUT2D eigenvalue weighted by Gasteiger charge is -2.20. The number of nitrogens with zero attached hydrogens (tertiary/aromatic N) is 2. The molecule has 1 aromatic carbocycles. The van der Waals surface area contributed by atoms with Crippen molar-refractivity contribution in [3.05, 3.63) is 47.5 Å². The van der Waals surface area contributed by atoms with Gasteiger partial charge in [-0.15, -0.1) is 0 Å². The summed E-state index contributed by atoms with van der Waals surface area (Å²) in [6, 6.07) is 5.45. The van der Waals surface area contributed by atoms with E-state index in [1.54, 1.807) is 32.4 Å². The highest BCUT2D eigenvalue weighted by molar-refractivity contribution is 5.34. The Kier molecular flexibility index (Phi) is 4.96. The molecule has 0 aliphatic rings. The SMILES string of the molecule is COCC(C)n1ccnc1NC(C)c1ccc(C)c(F)c1. The summed E-state index contributed by atoms with van der Waals surface area (Å²) in [4.78, 5) is 4.33. The van der Waals surface area contributed by atoms with Crippen LogP contribution in [0.4, 0.5) is 10.3 Å². The molecule has 0 aliphatic heterocycles. The van der Waals surface area contributed by atoms with Crippen molar-refractivity contribution in [2.24, 2.45) is 0 Å². The number of halogens is 1. The highest BCUT2D eigenvalue weighted by Gasteiger charge is 2.13. The Morgan fingerprint density at radius 2 is 2.14 bits per heavy atom. The van der Waals surface area contributed by atoms with Gasteiger partial charge in [0.1, 0.15) is 5.82 Å². The number of benzene rings is 1. The van der Waals surface area contributed by atoms with Gasteiger partial charge in [-0.3, -0.25) is 0 Å². The first-order valence-corrected chi connectivity index (χ1v) is 7.07. The minimum atomic E-state index is -0.183. The minimum Gasteiger partial charge on any atom is -0.383 e. The molecule has 1 aromatic heterocycles. The molecule has 0 radical (unpaired) electrons. The van der Waals surface area contributed by atoms with E-state index in [1.165, 1.54) is 0 Å². The number of hydrogen-bond donors (Lipinski definition) is 1. The standard InChI is InChI=1S/C16H22FN3O/c1-11-5-6-14(9-15(11)17)13(3)19-16-18-7-8-20(16)12(2)10-21-4/h5-9,12-13H,10H2,1-4H3,(H,18,19). The average Bonchev–Trinajstić information content (AvgIpc) is 2.90. The number of hydrogen-bond acceptors (Lipinski definition) is 3. The van der Waals surface area contributed by atoms with E-state index in [4.69, 9.17) is 4.74 Å². The molecule has 2 atom stereocenters. The zero-order valence-corrected chi connectivity index (χ0v) is 12.9. The molecule has 2 aromatic rings. The predicted octanol–water partition coefficient (Wildman–Crippen LogP) is 3.71. The molecule has 1 N–H and O–H groups in total. The molecule has 2 rings (SSSR count). The normalized spacial score (nSPS) is 14.0. The summed E-state index contributed by atoms with van der Waals surface area (Å²) in [7, 11) is 1.68. The molecule has 4 nitrogen and oxygen atoms in total. The summed E-state index contributed by atoms with van der Waals surface area (Å²) >= 11 is 0. The number of rotatable bonds is 6. The molecule has 0 spiro atoms. The zero-order valence-electron chi connectivity index (χ0n) is 12.9. The number of methoxy groups -OCH3 is 1. The molecule has 1 heterocycles. The fourth-order valence-corrected chi connectivity index (χ4v) is 2.26. The van der Waals surface area contributed by atoms with E-state index in [9.17, 15) is 4.39 Å². The quantitative estimate of drug-likeness (QED) is 0.882. The first-order valence-electron chi connectivity index (χ1n) is 7.07. The van der Waals surface area contributed by atoms with Crippen molar-refractivity contribution in [3.8, 4) is 0 Å². The van der Waals surface area contributed by atoms with Crippen LogP contribution < -0.4 is 5.32 Å². The molecule has 0 fully saturated rings. The highest BCUT2D eigenvalue weighted by atomic mass is 19.1. The first-order chi connectivity index (χ1) is 10.0. The van der Waals surface area contributed by atoms with Crippen molar-refractivity contribution in [2.45, 2.75) is 32.9 Å². The predicted molar refractivity (Wildman–Crippen MR) is 82.0 cm³/mol. The second-order valence-corrected chi connectivity index (χ2v) is 5.34. The van der Waals surface area contributed by atoms with Crippen LogP contribution in [-0.2, 0) is 4.74 Å². The molecule has 21 heavy (non-hydrogen) atoms. The van der Waals surface area contributed by atoms with Crippen LogP contribution in [0.1, 0.15) is 37.1 Å². The lowest BCUT2D eigenvalue weighted by Crippen LogP contribution is -2.16. The Bertz CT molecular complexity index is 597. The van der Waals surface area contributed by atoms with Gasteiger partial charge in [0, 0.05) is 19.5 Å². The summed E-state index contributed by atoms with van der Waals surface area (Å²) < 4.78 is 20.9. The Morgan fingerprint density at radius 1 is 1.38 bits per heavy atom. The van der Waals surface area contributed by atoms with E-state index in [1.807, 2.05) is 23.8 Å². The first kappa shape index (κ1) is 15.5. The molecule has 0 saturated carbocycles. The van der Waals surface area contributed by atoms with Gasteiger partial charge in [0.05, 0.1) is 18.7 Å². The summed E-state index contributed by atoms with van der Waals surface area (Å²) in [5, 5.41) is 3.32. The second kappa shape index (κ2) is 6.72. The maximum Gasteiger partial charge on any atom is 0.203 e. The number of aryl methyl sites for hydroxylation is 1. The smallest absolute Gasteiger partial charge is 0.203 e. The third-order valence-corrected chi connectivity index (χ3v) is 3.59. The number of nitrogens with one attached hydrogen (secondary N) is 1. The van der Waals surface area contributed by atoms with Crippen molar-refractivity contribution in [1.29, 1.82) is 0 Å². The average molecular weight is 291 g/mol. The molecular formula is C16H22FN3O. The summed E-state index contributed by atoms with van der Waals surface area (Å²) in [6.07, 6.45) is 3.66. The molecular weight excluding hydrogens is 269 g/mol. The van der Waals surface area contributed by atoms with E-state index < -0.39 is 0 Å². The Morgan fingerprint density at radius 3 is 2.81 bits per heavy atom. The van der Waals surface area contributed by atoms with E-state index in [-0.39, 0.29) is 17.9 Å². The van der Waals surface area contributed by atoms with Crippen LogP contribution in [0.15, 0.2) is 30.6 Å². The van der Waals surface area contributed by atoms with Crippen molar-refractivity contribution >= 4 is 5.95 Å². The van der Waals surface area contributed by atoms with E-state index in [0.29, 0.717) is 12.2 Å². The Labute approximate surface area is 125 Å². The van der Waals surface area contributed by atoms with Gasteiger partial charge < -0.3 is 14.6 Å². The molecule has 0 aliphatic carbocycles. The molecule has 114 valence electrons. The number of imidazole rings is 1. The maximum atomic E-state index is 13.7. The molecule has 0 saturated heterocycles. The fourth-order valence-electron chi connectivity index (χ4n) is 2.26. The maximum absolute atomic E-state index is 13.7. The largest absolute Gasteiger partial charge is 0.383 e. The molecule has 5 heteroatoms. The van der Waals surface area contributed by atoms with E-state index in [0.717, 1.165) is 11.5 Å². The van der Waals surface area contributed by atoms with E-state index in [2.05, 4.69) is 17.2 Å². The topological polar surface area (TPSA) is 39.1 Å². The van der Waals surface area contributed by atoms with Crippen LogP contribution >= 0.6 is 0 Å². The number of aromatic nitrogens is 2. The van der Waals surface area contributed by atoms with Gasteiger partial charge in [0.2, 0.25) is 5.95 Å². The van der Waals surface area contributed by atoms with Crippen LogP contribution in [0.5, 0.6) is 0 Å². The lowest BCUT2D eigenvalue weighted by atomic mass is 10.1. The van der Waals surface area contributed by atoms with Gasteiger partial charge >= 0.3 is 0 Å². The molecule has 2 unspecified atom stereocenters. The van der Waals surface area contributed by atoms with Gasteiger partial charge in [0.15, 0.2) is 0 Å². The number of anilines is 1. The molecule has 0 amide bonds. The van der Waals surface area contributed by atoms with Crippen LogP contribution in [0, 0.1) is 12.7 Å². The third-order valence-electron chi connectivity index (χ3n) is 3.59. The number of ether oxygens (including phenoxy) is 1. The van der Waals surface area contributed by atoms with Crippen molar-refractivity contribution < 1.29 is 9.13 Å². The summed E-state index contributed by atoms with van der Waals surface area (Å²) in [5.41, 5.74) is 1.55. The highest BCUT2D eigenvalue weighted by Crippen LogP contribution is 2.22. The third kappa shape index (κ3) is 3.61.